The summed E-state index contributed by atoms with van der Waals surface area (Å²) in [4.78, 5) is 53.4. The average Bonchev–Trinajstić information content (AvgIpc) is 0.687. The maximum Gasteiger partial charge on any atom is 0.335 e. The van der Waals surface area contributed by atoms with E-state index in [1.54, 1.807) is 13.8 Å². The minimum atomic E-state index is -2.28. The highest BCUT2D eigenvalue weighted by atomic mass is 16.8. The van der Waals surface area contributed by atoms with Crippen LogP contribution in [0.3, 0.4) is 0 Å². The fourth-order valence-electron chi connectivity index (χ4n) is 17.0. The molecular formula is C58H88O27. The molecule has 27 nitrogen and oxygen atoms in total. The van der Waals surface area contributed by atoms with Gasteiger partial charge in [0.1, 0.15) is 97.8 Å². The smallest absolute Gasteiger partial charge is 0.335 e. The van der Waals surface area contributed by atoms with Crippen molar-refractivity contribution in [3.05, 3.63) is 23.8 Å². The molecule has 4 aliphatic heterocycles. The van der Waals surface area contributed by atoms with Gasteiger partial charge in [-0.05, 0) is 85.9 Å². The molecule has 8 fully saturated rings. The first kappa shape index (κ1) is 66.2. The van der Waals surface area contributed by atoms with Crippen molar-refractivity contribution in [3.63, 3.8) is 0 Å². The molecule has 5 aliphatic carbocycles. The molecule has 9 rings (SSSR count). The zero-order chi connectivity index (χ0) is 62.4. The topological polar surface area (TPSA) is 424 Å². The Kier molecular flexibility index (Phi) is 19.1. The molecule has 27 heteroatoms. The summed E-state index contributed by atoms with van der Waals surface area (Å²) >= 11 is 0. The number of hydrogen-bond donors (Lipinski definition) is 13. The Morgan fingerprint density at radius 1 is 0.671 bits per heavy atom. The van der Waals surface area contributed by atoms with E-state index < -0.39 is 224 Å². The fourth-order valence-corrected chi connectivity index (χ4v) is 17.0. The molecule has 4 saturated carbocycles. The summed E-state index contributed by atoms with van der Waals surface area (Å²) in [5, 5.41) is 143. The number of fused-ring (bicyclic) bond motifs is 7. The number of hydrogen-bond acceptors (Lipinski definition) is 26. The van der Waals surface area contributed by atoms with Gasteiger partial charge in [-0.2, -0.15) is 0 Å². The average molecular weight is 1220 g/mol. The standard InChI is InChI=1S/C58H88O27/c1-9-10-34(66)81-46-47(78-24(2)62)58(23-61)26(17-53(46,3)4)25-11-12-31-54(5)15-14-33(55(6,22-60)30(54)13-16-56(31,7)57(25,8)18-32(58)65)80-52-45(85-50-40(72)38(70)37(69)29(19-59)79-50)42(41(73)43(83-52)48(74)75)82-51-44(36(68)28(64)21-77-51)84-49-39(71)35(67)27(63)20-76-49/h9-11,22,26-33,35-47,49-52,59,61,63-65,67-73H,12-21,23H2,1-8H3,(H,74,75)/t26-,27+,28-,29+,30?,31+,32+,33-,35-,36-,37-,38-,39+,40+,41-,42-,43-,44+,45+,46-,47-,49-,50-,51-,52+,54-,55-,56+,57+,58-/m0/s1. The third-order valence-electron chi connectivity index (χ3n) is 21.8. The molecule has 9 aliphatic rings. The first-order valence-electron chi connectivity index (χ1n) is 29.4. The number of aliphatic hydroxyl groups is 12. The molecule has 0 spiro atoms. The normalized spacial score (nSPS) is 51.4. The van der Waals surface area contributed by atoms with Crippen molar-refractivity contribution in [1.82, 2.24) is 0 Å². The van der Waals surface area contributed by atoms with Crippen LogP contribution < -0.4 is 0 Å². The minimum Gasteiger partial charge on any atom is -0.479 e. The molecule has 0 aromatic carbocycles. The molecular weight excluding hydrogens is 1130 g/mol. The lowest BCUT2D eigenvalue weighted by Gasteiger charge is -2.72. The number of esters is 2. The second kappa shape index (κ2) is 24.5. The molecule has 482 valence electrons. The number of carbonyl (C=O) groups excluding carboxylic acids is 3. The Hall–Kier alpha value is -3.24. The molecule has 1 unspecified atom stereocenters. The van der Waals surface area contributed by atoms with E-state index in [-0.39, 0.29) is 18.8 Å². The van der Waals surface area contributed by atoms with Crippen molar-refractivity contribution in [2.24, 2.45) is 50.2 Å². The van der Waals surface area contributed by atoms with Gasteiger partial charge in [-0.3, -0.25) is 4.79 Å². The van der Waals surface area contributed by atoms with Crippen LogP contribution in [0.5, 0.6) is 0 Å². The van der Waals surface area contributed by atoms with Crippen LogP contribution in [0.1, 0.15) is 100 Å². The van der Waals surface area contributed by atoms with Gasteiger partial charge < -0.3 is 119 Å². The highest BCUT2D eigenvalue weighted by molar-refractivity contribution is 5.82. The molecule has 0 aromatic heterocycles. The Morgan fingerprint density at radius 2 is 1.31 bits per heavy atom. The molecule has 4 heterocycles. The third-order valence-corrected chi connectivity index (χ3v) is 21.8. The Bertz CT molecular complexity index is 2500. The second-order valence-corrected chi connectivity index (χ2v) is 26.8. The first-order valence-corrected chi connectivity index (χ1v) is 29.4. The number of aliphatic hydroxyl groups excluding tert-OH is 12. The second-order valence-electron chi connectivity index (χ2n) is 26.8. The Labute approximate surface area is 491 Å². The van der Waals surface area contributed by atoms with E-state index in [1.165, 1.54) is 19.1 Å². The van der Waals surface area contributed by atoms with Crippen LogP contribution in [0.25, 0.3) is 0 Å². The number of aldehydes is 1. The molecule has 4 saturated heterocycles. The number of carboxylic acids is 1. The van der Waals surface area contributed by atoms with Crippen molar-refractivity contribution in [2.45, 2.75) is 235 Å². The van der Waals surface area contributed by atoms with Crippen molar-refractivity contribution in [1.29, 1.82) is 0 Å². The maximum atomic E-state index is 14.2. The number of carboxylic acid groups (broad SMARTS) is 1. The van der Waals surface area contributed by atoms with Crippen LogP contribution in [0.2, 0.25) is 0 Å². The van der Waals surface area contributed by atoms with Gasteiger partial charge in [0.15, 0.2) is 31.3 Å². The lowest BCUT2D eigenvalue weighted by Crippen LogP contribution is -2.72. The third kappa shape index (κ3) is 11.0. The van der Waals surface area contributed by atoms with Gasteiger partial charge in [0.2, 0.25) is 0 Å². The van der Waals surface area contributed by atoms with Gasteiger partial charge in [-0.1, -0.05) is 59.3 Å². The van der Waals surface area contributed by atoms with Crippen LogP contribution >= 0.6 is 0 Å². The predicted molar refractivity (Wildman–Crippen MR) is 284 cm³/mol. The zero-order valence-corrected chi connectivity index (χ0v) is 49.1. The monoisotopic (exact) mass is 1220 g/mol. The van der Waals surface area contributed by atoms with Crippen molar-refractivity contribution < 1.29 is 133 Å². The minimum absolute atomic E-state index is 0.112. The Balaban J connectivity index is 1.05. The number of allylic oxidation sites excluding steroid dienone is 3. The summed E-state index contributed by atoms with van der Waals surface area (Å²) in [6, 6.07) is 0. The summed E-state index contributed by atoms with van der Waals surface area (Å²) < 4.78 is 60.3. The molecule has 13 N–H and O–H groups in total. The molecule has 0 aromatic rings. The van der Waals surface area contributed by atoms with E-state index >= 15 is 0 Å². The van der Waals surface area contributed by atoms with Gasteiger partial charge in [0, 0.05) is 18.4 Å². The van der Waals surface area contributed by atoms with E-state index in [2.05, 4.69) is 26.8 Å². The summed E-state index contributed by atoms with van der Waals surface area (Å²) in [6.45, 7) is 12.2. The number of ether oxygens (including phenoxy) is 10. The molecule has 0 radical (unpaired) electrons. The van der Waals surface area contributed by atoms with E-state index in [4.69, 9.17) is 47.4 Å². The van der Waals surface area contributed by atoms with Crippen LogP contribution in [-0.4, -0.2) is 252 Å². The zero-order valence-electron chi connectivity index (χ0n) is 49.1. The van der Waals surface area contributed by atoms with Crippen molar-refractivity contribution >= 4 is 24.2 Å². The highest BCUT2D eigenvalue weighted by Crippen LogP contribution is 2.76. The number of carbonyl (C=O) groups is 4. The van der Waals surface area contributed by atoms with Gasteiger partial charge in [-0.25, -0.2) is 9.59 Å². The van der Waals surface area contributed by atoms with Crippen LogP contribution in [-0.2, 0) is 66.5 Å². The van der Waals surface area contributed by atoms with Crippen LogP contribution in [0.4, 0.5) is 0 Å². The van der Waals surface area contributed by atoms with E-state index in [0.29, 0.717) is 32.1 Å². The fraction of sp³-hybridized carbons (Fsp3) is 0.862. The maximum absolute atomic E-state index is 14.2. The number of aliphatic carboxylic acids is 1. The van der Waals surface area contributed by atoms with E-state index in [1.807, 2.05) is 13.8 Å². The predicted octanol–water partition coefficient (Wildman–Crippen LogP) is -2.40. The van der Waals surface area contributed by atoms with Gasteiger partial charge in [0.05, 0.1) is 49.5 Å². The summed E-state index contributed by atoms with van der Waals surface area (Å²) in [5.74, 6) is -4.28. The molecule has 0 amide bonds. The quantitative estimate of drug-likeness (QED) is 0.0267. The Morgan fingerprint density at radius 3 is 1.93 bits per heavy atom. The lowest BCUT2D eigenvalue weighted by atomic mass is 9.33. The van der Waals surface area contributed by atoms with Gasteiger partial charge in [0.25, 0.3) is 0 Å². The SMILES string of the molecule is CC=CC(=O)O[C@H]1[C@H](OC(C)=O)[C@]2(CO)[C@H](O)C[C@]3(C)C(=CC[C@@H]4[C@@]5(C)CC[C@H](O[C@@H]6O[C@H](C(=O)O)[C@@H](O)[C@H](O[C@@H]7OC[C@H](O)[C@H](O)[C@H]7O[C@@H]7OC[C@@H](O)[C@H](O)[C@H]7O)[C@H]6O[C@@H]6O[C@H](CO)[C@H](O)[C@H](O)[C@H]6O)[C@@](C)(C=O)C5CC[C@]43C)[C@@H]2CC1(C)C. The molecule has 30 atom stereocenters. The van der Waals surface area contributed by atoms with Crippen molar-refractivity contribution in [2.75, 3.05) is 26.4 Å². The van der Waals surface area contributed by atoms with Crippen LogP contribution in [0.15, 0.2) is 23.8 Å². The van der Waals surface area contributed by atoms with E-state index in [0.717, 1.165) is 11.9 Å². The largest absolute Gasteiger partial charge is 0.479 e. The summed E-state index contributed by atoms with van der Waals surface area (Å²) in [6.07, 6.45) is -31.2. The van der Waals surface area contributed by atoms with Gasteiger partial charge in [-0.15, -0.1) is 0 Å². The molecule has 0 bridgehead atoms. The summed E-state index contributed by atoms with van der Waals surface area (Å²) in [7, 11) is 0. The molecule has 85 heavy (non-hydrogen) atoms. The number of rotatable bonds is 15. The lowest BCUT2D eigenvalue weighted by molar-refractivity contribution is -0.398. The van der Waals surface area contributed by atoms with Gasteiger partial charge >= 0.3 is 17.9 Å². The van der Waals surface area contributed by atoms with Crippen molar-refractivity contribution in [3.8, 4) is 0 Å². The highest BCUT2D eigenvalue weighted by Gasteiger charge is 2.74. The van der Waals surface area contributed by atoms with E-state index in [9.17, 15) is 85.6 Å². The first-order chi connectivity index (χ1) is 39.8. The summed E-state index contributed by atoms with van der Waals surface area (Å²) in [5.41, 5.74) is -4.73. The van der Waals surface area contributed by atoms with Crippen LogP contribution in [0, 0.1) is 50.2 Å².